The first-order valence-corrected chi connectivity index (χ1v) is 9.91. The molecule has 0 aliphatic rings. The molecule has 3 aromatic carbocycles. The minimum absolute atomic E-state index is 0.168. The minimum atomic E-state index is -0.168. The largest absolute Gasteiger partial charge is 0.494 e. The molecule has 0 unspecified atom stereocenters. The third kappa shape index (κ3) is 6.68. The van der Waals surface area contributed by atoms with Crippen molar-refractivity contribution in [3.63, 3.8) is 0 Å². The van der Waals surface area contributed by atoms with Gasteiger partial charge in [0.1, 0.15) is 18.1 Å². The summed E-state index contributed by atoms with van der Waals surface area (Å²) in [6.07, 6.45) is 0.995. The lowest BCUT2D eigenvalue weighted by Crippen LogP contribution is -2.12. The number of amides is 1. The fraction of sp³-hybridized carbons (Fsp3) is 0.240. The fourth-order valence-corrected chi connectivity index (χ4v) is 2.72. The van der Waals surface area contributed by atoms with Gasteiger partial charge in [0.15, 0.2) is 0 Å². The number of hydrogen-bond donors (Lipinski definition) is 1. The highest BCUT2D eigenvalue weighted by Crippen LogP contribution is 2.20. The summed E-state index contributed by atoms with van der Waals surface area (Å²) < 4.78 is 11.5. The van der Waals surface area contributed by atoms with E-state index in [1.54, 1.807) is 12.1 Å². The Balaban J connectivity index is 1.54. The predicted octanol–water partition coefficient (Wildman–Crippen LogP) is 5.94. The van der Waals surface area contributed by atoms with Gasteiger partial charge in [0.2, 0.25) is 0 Å². The fourth-order valence-electron chi connectivity index (χ4n) is 2.72. The molecule has 1 N–H and O–H groups in total. The highest BCUT2D eigenvalue weighted by molar-refractivity contribution is 6.04. The van der Waals surface area contributed by atoms with Gasteiger partial charge in [-0.3, -0.25) is 4.79 Å². The number of hydrogen-bond acceptors (Lipinski definition) is 3. The second kappa shape index (κ2) is 10.3. The van der Waals surface area contributed by atoms with E-state index in [1.165, 1.54) is 0 Å². The van der Waals surface area contributed by atoms with Crippen molar-refractivity contribution < 1.29 is 14.3 Å². The summed E-state index contributed by atoms with van der Waals surface area (Å²) in [6, 6.07) is 24.6. The SMILES string of the molecule is CC(C)CCOc1cccc(NC(=O)c2ccc(OCc3ccccc3)cc2)c1. The Kier molecular flexibility index (Phi) is 7.28. The highest BCUT2D eigenvalue weighted by atomic mass is 16.5. The predicted molar refractivity (Wildman–Crippen MR) is 117 cm³/mol. The molecule has 29 heavy (non-hydrogen) atoms. The lowest BCUT2D eigenvalue weighted by Gasteiger charge is -2.11. The van der Waals surface area contributed by atoms with Gasteiger partial charge in [0.05, 0.1) is 6.61 Å². The third-order valence-corrected chi connectivity index (χ3v) is 4.42. The zero-order valence-corrected chi connectivity index (χ0v) is 16.9. The summed E-state index contributed by atoms with van der Waals surface area (Å²) in [5, 5.41) is 2.92. The first kappa shape index (κ1) is 20.5. The van der Waals surface area contributed by atoms with Crippen LogP contribution in [0, 0.1) is 5.92 Å². The van der Waals surface area contributed by atoms with Crippen LogP contribution in [0.4, 0.5) is 5.69 Å². The molecule has 150 valence electrons. The monoisotopic (exact) mass is 389 g/mol. The van der Waals surface area contributed by atoms with Gasteiger partial charge in [-0.1, -0.05) is 50.2 Å². The molecule has 1 amide bonds. The zero-order chi connectivity index (χ0) is 20.5. The summed E-state index contributed by atoms with van der Waals surface area (Å²) in [7, 11) is 0. The van der Waals surface area contributed by atoms with E-state index in [2.05, 4.69) is 19.2 Å². The number of nitrogens with one attached hydrogen (secondary N) is 1. The Labute approximate surface area is 172 Å². The summed E-state index contributed by atoms with van der Waals surface area (Å²) in [5.41, 5.74) is 2.38. The molecule has 0 aromatic heterocycles. The van der Waals surface area contributed by atoms with Crippen LogP contribution in [0.5, 0.6) is 11.5 Å². The average molecular weight is 389 g/mol. The second-order valence-corrected chi connectivity index (χ2v) is 7.31. The van der Waals surface area contributed by atoms with Crippen LogP contribution in [0.25, 0.3) is 0 Å². The van der Waals surface area contributed by atoms with Crippen molar-refractivity contribution >= 4 is 11.6 Å². The van der Waals surface area contributed by atoms with Gasteiger partial charge < -0.3 is 14.8 Å². The van der Waals surface area contributed by atoms with Crippen LogP contribution >= 0.6 is 0 Å². The quantitative estimate of drug-likeness (QED) is 0.492. The molecule has 4 nitrogen and oxygen atoms in total. The van der Waals surface area contributed by atoms with Gasteiger partial charge in [-0.2, -0.15) is 0 Å². The topological polar surface area (TPSA) is 47.6 Å². The van der Waals surface area contributed by atoms with E-state index < -0.39 is 0 Å². The molecule has 0 heterocycles. The third-order valence-electron chi connectivity index (χ3n) is 4.42. The molecule has 0 aliphatic heterocycles. The van der Waals surface area contributed by atoms with Crippen molar-refractivity contribution in [2.75, 3.05) is 11.9 Å². The van der Waals surface area contributed by atoms with Crippen molar-refractivity contribution in [2.45, 2.75) is 26.9 Å². The van der Waals surface area contributed by atoms with Gasteiger partial charge in [0, 0.05) is 17.3 Å². The van der Waals surface area contributed by atoms with Crippen molar-refractivity contribution in [2.24, 2.45) is 5.92 Å². The minimum Gasteiger partial charge on any atom is -0.494 e. The highest BCUT2D eigenvalue weighted by Gasteiger charge is 2.07. The van der Waals surface area contributed by atoms with Crippen molar-refractivity contribution in [1.29, 1.82) is 0 Å². The standard InChI is InChI=1S/C25H27NO3/c1-19(2)15-16-28-24-10-6-9-22(17-24)26-25(27)21-11-13-23(14-12-21)29-18-20-7-4-3-5-8-20/h3-14,17,19H,15-16,18H2,1-2H3,(H,26,27). The molecule has 3 aromatic rings. The number of anilines is 1. The number of ether oxygens (including phenoxy) is 2. The van der Waals surface area contributed by atoms with E-state index in [9.17, 15) is 4.79 Å². The van der Waals surface area contributed by atoms with E-state index in [4.69, 9.17) is 9.47 Å². The molecular weight excluding hydrogens is 362 g/mol. The smallest absolute Gasteiger partial charge is 0.255 e. The lowest BCUT2D eigenvalue weighted by atomic mass is 10.1. The Morgan fingerprint density at radius 1 is 0.862 bits per heavy atom. The van der Waals surface area contributed by atoms with Gasteiger partial charge in [-0.25, -0.2) is 0 Å². The number of rotatable bonds is 9. The number of benzene rings is 3. The van der Waals surface area contributed by atoms with E-state index in [-0.39, 0.29) is 5.91 Å². The summed E-state index contributed by atoms with van der Waals surface area (Å²) in [6.45, 7) is 5.49. The molecule has 0 saturated carbocycles. The summed E-state index contributed by atoms with van der Waals surface area (Å²) >= 11 is 0. The van der Waals surface area contributed by atoms with Crippen LogP contribution in [0.2, 0.25) is 0 Å². The van der Waals surface area contributed by atoms with Gasteiger partial charge in [0.25, 0.3) is 5.91 Å². The molecule has 0 fully saturated rings. The Hall–Kier alpha value is -3.27. The Morgan fingerprint density at radius 2 is 1.62 bits per heavy atom. The summed E-state index contributed by atoms with van der Waals surface area (Å²) in [4.78, 5) is 12.5. The normalized spacial score (nSPS) is 10.6. The van der Waals surface area contributed by atoms with Crippen molar-refractivity contribution in [1.82, 2.24) is 0 Å². The van der Waals surface area contributed by atoms with E-state index >= 15 is 0 Å². The van der Waals surface area contributed by atoms with Crippen LogP contribution in [-0.4, -0.2) is 12.5 Å². The molecule has 4 heteroatoms. The Bertz CT molecular complexity index is 905. The van der Waals surface area contributed by atoms with Crippen LogP contribution in [-0.2, 0) is 6.61 Å². The van der Waals surface area contributed by atoms with Crippen LogP contribution in [0.3, 0.4) is 0 Å². The van der Waals surface area contributed by atoms with E-state index in [0.717, 1.165) is 23.5 Å². The first-order chi connectivity index (χ1) is 14.1. The van der Waals surface area contributed by atoms with Gasteiger partial charge >= 0.3 is 0 Å². The number of carbonyl (C=O) groups is 1. The van der Waals surface area contributed by atoms with Crippen LogP contribution in [0.1, 0.15) is 36.2 Å². The molecule has 0 atom stereocenters. The number of carbonyl (C=O) groups excluding carboxylic acids is 1. The van der Waals surface area contributed by atoms with Crippen molar-refractivity contribution in [3.8, 4) is 11.5 Å². The summed E-state index contributed by atoms with van der Waals surface area (Å²) in [5.74, 6) is 1.91. The van der Waals surface area contributed by atoms with E-state index in [1.807, 2.05) is 66.7 Å². The van der Waals surface area contributed by atoms with Crippen molar-refractivity contribution in [3.05, 3.63) is 90.0 Å². The lowest BCUT2D eigenvalue weighted by molar-refractivity contribution is 0.102. The molecule has 0 aliphatic carbocycles. The van der Waals surface area contributed by atoms with E-state index in [0.29, 0.717) is 30.4 Å². The maximum absolute atomic E-state index is 12.5. The van der Waals surface area contributed by atoms with Crippen LogP contribution < -0.4 is 14.8 Å². The molecule has 0 saturated heterocycles. The first-order valence-electron chi connectivity index (χ1n) is 9.91. The zero-order valence-electron chi connectivity index (χ0n) is 16.9. The Morgan fingerprint density at radius 3 is 2.34 bits per heavy atom. The van der Waals surface area contributed by atoms with Gasteiger partial charge in [-0.15, -0.1) is 0 Å². The second-order valence-electron chi connectivity index (χ2n) is 7.31. The molecular formula is C25H27NO3. The maximum atomic E-state index is 12.5. The average Bonchev–Trinajstić information content (AvgIpc) is 2.73. The molecule has 3 rings (SSSR count). The van der Waals surface area contributed by atoms with Gasteiger partial charge in [-0.05, 0) is 54.3 Å². The molecule has 0 spiro atoms. The maximum Gasteiger partial charge on any atom is 0.255 e. The molecule has 0 radical (unpaired) electrons. The van der Waals surface area contributed by atoms with Crippen LogP contribution in [0.15, 0.2) is 78.9 Å². The molecule has 0 bridgehead atoms.